The van der Waals surface area contributed by atoms with Crippen LogP contribution in [0, 0.1) is 17.0 Å². The number of non-ortho nitro benzene ring substituents is 1. The lowest BCUT2D eigenvalue weighted by atomic mass is 10.1. The van der Waals surface area contributed by atoms with Crippen molar-refractivity contribution in [3.63, 3.8) is 0 Å². The lowest BCUT2D eigenvalue weighted by Gasteiger charge is -2.15. The van der Waals surface area contributed by atoms with Gasteiger partial charge in [-0.25, -0.2) is 4.98 Å². The molecule has 194 valence electrons. The van der Waals surface area contributed by atoms with E-state index in [4.69, 9.17) is 5.73 Å². The van der Waals surface area contributed by atoms with Gasteiger partial charge in [0.25, 0.3) is 11.2 Å². The quantitative estimate of drug-likeness (QED) is 0.244. The first-order chi connectivity index (χ1) is 18.3. The van der Waals surface area contributed by atoms with Crippen LogP contribution in [0.25, 0.3) is 11.3 Å². The average molecular weight is 513 g/mol. The van der Waals surface area contributed by atoms with Crippen molar-refractivity contribution in [2.75, 3.05) is 5.73 Å². The van der Waals surface area contributed by atoms with E-state index in [2.05, 4.69) is 15.3 Å². The third-order valence-electron chi connectivity index (χ3n) is 6.22. The van der Waals surface area contributed by atoms with E-state index < -0.39 is 4.92 Å². The van der Waals surface area contributed by atoms with Gasteiger partial charge in [0.2, 0.25) is 5.91 Å². The summed E-state index contributed by atoms with van der Waals surface area (Å²) in [6.45, 7) is 1.80. The smallest absolute Gasteiger partial charge is 0.273 e. The second-order valence-corrected chi connectivity index (χ2v) is 8.88. The van der Waals surface area contributed by atoms with Gasteiger partial charge in [-0.05, 0) is 55.5 Å². The molecule has 0 radical (unpaired) electrons. The van der Waals surface area contributed by atoms with Crippen molar-refractivity contribution in [3.8, 4) is 11.3 Å². The lowest BCUT2D eigenvalue weighted by molar-refractivity contribution is -0.384. The number of hydrogen-bond donors (Lipinski definition) is 2. The molecule has 4 rings (SSSR count). The predicted octanol–water partition coefficient (Wildman–Crippen LogP) is 3.60. The molecule has 4 aromatic rings. The number of rotatable bonds is 10. The topological polar surface area (TPSA) is 146 Å². The molecule has 0 aliphatic rings. The van der Waals surface area contributed by atoms with Crippen LogP contribution in [-0.2, 0) is 30.7 Å². The Kier molecular flexibility index (Phi) is 8.22. The molecule has 10 nitrogen and oxygen atoms in total. The minimum atomic E-state index is -0.494. The number of amides is 1. The lowest BCUT2D eigenvalue weighted by Crippen LogP contribution is -2.34. The van der Waals surface area contributed by atoms with E-state index in [9.17, 15) is 19.7 Å². The number of hydrogen-bond acceptors (Lipinski definition) is 7. The molecule has 0 fully saturated rings. The van der Waals surface area contributed by atoms with Gasteiger partial charge >= 0.3 is 0 Å². The zero-order valence-electron chi connectivity index (χ0n) is 21.0. The van der Waals surface area contributed by atoms with E-state index in [0.717, 1.165) is 18.4 Å². The van der Waals surface area contributed by atoms with Crippen LogP contribution in [0.3, 0.4) is 0 Å². The van der Waals surface area contributed by atoms with Gasteiger partial charge in [-0.3, -0.25) is 29.3 Å². The molecule has 38 heavy (non-hydrogen) atoms. The van der Waals surface area contributed by atoms with Crippen LogP contribution in [-0.4, -0.2) is 25.4 Å². The summed E-state index contributed by atoms with van der Waals surface area (Å²) < 4.78 is 1.37. The van der Waals surface area contributed by atoms with Gasteiger partial charge in [0.05, 0.1) is 16.8 Å². The molecule has 0 atom stereocenters. The highest BCUT2D eigenvalue weighted by Gasteiger charge is 2.16. The summed E-state index contributed by atoms with van der Waals surface area (Å²) in [5, 5.41) is 13.9. The number of anilines is 1. The Hall–Kier alpha value is -4.86. The summed E-state index contributed by atoms with van der Waals surface area (Å²) >= 11 is 0. The molecule has 10 heteroatoms. The van der Waals surface area contributed by atoms with Crippen LogP contribution in [0.2, 0.25) is 0 Å². The minimum Gasteiger partial charge on any atom is -0.384 e. The van der Waals surface area contributed by atoms with Gasteiger partial charge in [-0.15, -0.1) is 0 Å². The highest BCUT2D eigenvalue weighted by Crippen LogP contribution is 2.21. The maximum atomic E-state index is 13.5. The van der Waals surface area contributed by atoms with E-state index in [1.165, 1.54) is 22.3 Å². The number of benzene rings is 2. The van der Waals surface area contributed by atoms with Crippen molar-refractivity contribution in [1.82, 2.24) is 19.9 Å². The second kappa shape index (κ2) is 11.9. The first-order valence-electron chi connectivity index (χ1n) is 12.2. The van der Waals surface area contributed by atoms with E-state index in [0.29, 0.717) is 34.9 Å². The van der Waals surface area contributed by atoms with E-state index in [1.807, 2.05) is 30.3 Å². The standard InChI is InChI=1S/C28H28N6O4/c1-19-22(12-15-26(29)32-19)16-31-27(35)18-33-25(21-10-13-23(14-11-21)34(37)38)17-30-24(28(33)36)9-5-8-20-6-3-2-4-7-20/h2-4,6-7,10-15,17H,5,8-9,16,18H2,1H3,(H2,29,32)(H,31,35). The molecule has 2 aromatic heterocycles. The number of carbonyl (C=O) groups excluding carboxylic acids is 1. The Bertz CT molecular complexity index is 1500. The zero-order valence-corrected chi connectivity index (χ0v) is 21.0. The Morgan fingerprint density at radius 2 is 1.79 bits per heavy atom. The van der Waals surface area contributed by atoms with E-state index >= 15 is 0 Å². The highest BCUT2D eigenvalue weighted by atomic mass is 16.6. The maximum absolute atomic E-state index is 13.5. The van der Waals surface area contributed by atoms with Gasteiger partial charge in [0, 0.05) is 29.9 Å². The molecule has 0 spiro atoms. The fourth-order valence-electron chi connectivity index (χ4n) is 4.14. The summed E-state index contributed by atoms with van der Waals surface area (Å²) in [7, 11) is 0. The largest absolute Gasteiger partial charge is 0.384 e. The number of nitro groups is 1. The Balaban J connectivity index is 1.57. The number of carbonyl (C=O) groups is 1. The molecule has 0 saturated heterocycles. The van der Waals surface area contributed by atoms with Crippen molar-refractivity contribution < 1.29 is 9.72 Å². The van der Waals surface area contributed by atoms with E-state index in [-0.39, 0.29) is 30.2 Å². The van der Waals surface area contributed by atoms with Crippen LogP contribution < -0.4 is 16.6 Å². The minimum absolute atomic E-state index is 0.0710. The Labute approximate surface area is 219 Å². The van der Waals surface area contributed by atoms with Crippen molar-refractivity contribution in [2.45, 2.75) is 39.3 Å². The van der Waals surface area contributed by atoms with Crippen LogP contribution >= 0.6 is 0 Å². The molecule has 2 heterocycles. The van der Waals surface area contributed by atoms with Gasteiger partial charge < -0.3 is 11.1 Å². The number of pyridine rings is 1. The fraction of sp³-hybridized carbons (Fsp3) is 0.214. The Morgan fingerprint density at radius 3 is 2.47 bits per heavy atom. The highest BCUT2D eigenvalue weighted by molar-refractivity contribution is 5.76. The second-order valence-electron chi connectivity index (χ2n) is 8.88. The van der Waals surface area contributed by atoms with Gasteiger partial charge in [-0.2, -0.15) is 0 Å². The number of nitrogen functional groups attached to an aromatic ring is 1. The van der Waals surface area contributed by atoms with Crippen molar-refractivity contribution in [3.05, 3.63) is 116 Å². The summed E-state index contributed by atoms with van der Waals surface area (Å²) in [6.07, 6.45) is 3.51. The monoisotopic (exact) mass is 512 g/mol. The van der Waals surface area contributed by atoms with Gasteiger partial charge in [0.1, 0.15) is 18.1 Å². The third-order valence-corrected chi connectivity index (χ3v) is 6.22. The van der Waals surface area contributed by atoms with Gasteiger partial charge in [-0.1, -0.05) is 36.4 Å². The third kappa shape index (κ3) is 6.47. The molecule has 1 amide bonds. The zero-order chi connectivity index (χ0) is 27.1. The summed E-state index contributed by atoms with van der Waals surface area (Å²) in [6, 6.07) is 19.2. The fourth-order valence-corrected chi connectivity index (χ4v) is 4.14. The average Bonchev–Trinajstić information content (AvgIpc) is 2.91. The number of nitrogens with zero attached hydrogens (tertiary/aromatic N) is 4. The molecule has 0 saturated carbocycles. The first-order valence-corrected chi connectivity index (χ1v) is 12.2. The number of aromatic nitrogens is 3. The maximum Gasteiger partial charge on any atom is 0.273 e. The van der Waals surface area contributed by atoms with Gasteiger partial charge in [0.15, 0.2) is 0 Å². The van der Waals surface area contributed by atoms with Crippen LogP contribution in [0.1, 0.15) is 28.9 Å². The summed E-state index contributed by atoms with van der Waals surface area (Å²) in [5.74, 6) is 0.0290. The van der Waals surface area contributed by atoms with Crippen molar-refractivity contribution in [1.29, 1.82) is 0 Å². The molecule has 0 aliphatic carbocycles. The molecule has 3 N–H and O–H groups in total. The normalized spacial score (nSPS) is 10.8. The van der Waals surface area contributed by atoms with Crippen molar-refractivity contribution in [2.24, 2.45) is 0 Å². The molecule has 0 aliphatic heterocycles. The molecular weight excluding hydrogens is 484 g/mol. The molecule has 2 aromatic carbocycles. The Morgan fingerprint density at radius 1 is 1.05 bits per heavy atom. The van der Waals surface area contributed by atoms with Crippen LogP contribution in [0.5, 0.6) is 0 Å². The number of nitrogens with one attached hydrogen (secondary N) is 1. The SMILES string of the molecule is Cc1nc(N)ccc1CNC(=O)Cn1c(-c2ccc([N+](=O)[O-])cc2)cnc(CCCc2ccccc2)c1=O. The number of aryl methyl sites for hydroxylation is 3. The predicted molar refractivity (Wildman–Crippen MR) is 144 cm³/mol. The number of nitrogens with two attached hydrogens (primary N) is 1. The first kappa shape index (κ1) is 26.2. The van der Waals surface area contributed by atoms with Crippen LogP contribution in [0.15, 0.2) is 77.7 Å². The molecule has 0 bridgehead atoms. The molecular formula is C28H28N6O4. The molecule has 0 unspecified atom stereocenters. The van der Waals surface area contributed by atoms with Crippen LogP contribution in [0.4, 0.5) is 11.5 Å². The summed E-state index contributed by atoms with van der Waals surface area (Å²) in [4.78, 5) is 45.6. The summed E-state index contributed by atoms with van der Waals surface area (Å²) in [5.41, 5.74) is 9.26. The number of nitro benzene ring substituents is 1. The van der Waals surface area contributed by atoms with E-state index in [1.54, 1.807) is 37.4 Å². The van der Waals surface area contributed by atoms with Crippen molar-refractivity contribution >= 4 is 17.4 Å².